The van der Waals surface area contributed by atoms with E-state index >= 15 is 0 Å². The van der Waals surface area contributed by atoms with Crippen molar-refractivity contribution in [3.8, 4) is 17.1 Å². The maximum atomic E-state index is 12.1. The third-order valence-corrected chi connectivity index (χ3v) is 5.67. The van der Waals surface area contributed by atoms with Crippen molar-refractivity contribution in [2.24, 2.45) is 5.73 Å². The number of thioether (sulfide) groups is 1. The van der Waals surface area contributed by atoms with Crippen molar-refractivity contribution >= 4 is 39.6 Å². The molecular formula is C20H20BrN5O2S. The molecule has 0 saturated carbocycles. The predicted molar refractivity (Wildman–Crippen MR) is 117 cm³/mol. The molecule has 1 heterocycles. The summed E-state index contributed by atoms with van der Waals surface area (Å²) >= 11 is 4.65. The van der Waals surface area contributed by atoms with Crippen LogP contribution in [-0.2, 0) is 4.79 Å². The molecule has 1 aromatic heterocycles. The topological polar surface area (TPSA) is 103 Å². The Balaban J connectivity index is 2.08. The van der Waals surface area contributed by atoms with E-state index in [2.05, 4.69) is 37.5 Å². The molecule has 150 valence electrons. The highest BCUT2D eigenvalue weighted by atomic mass is 79.9. The molecule has 0 saturated heterocycles. The summed E-state index contributed by atoms with van der Waals surface area (Å²) in [4.78, 5) is 23.1. The van der Waals surface area contributed by atoms with Crippen LogP contribution in [0.2, 0.25) is 0 Å². The van der Waals surface area contributed by atoms with Gasteiger partial charge in [0.1, 0.15) is 0 Å². The van der Waals surface area contributed by atoms with Gasteiger partial charge in [0.25, 0.3) is 0 Å². The van der Waals surface area contributed by atoms with Gasteiger partial charge in [0, 0.05) is 10.0 Å². The number of nitrogens with zero attached hydrogens (tertiary/aromatic N) is 3. The van der Waals surface area contributed by atoms with Crippen LogP contribution < -0.4 is 11.1 Å². The summed E-state index contributed by atoms with van der Waals surface area (Å²) < 4.78 is 2.88. The van der Waals surface area contributed by atoms with E-state index in [-0.39, 0.29) is 0 Å². The number of hydrogen-bond donors (Lipinski definition) is 2. The van der Waals surface area contributed by atoms with Crippen molar-refractivity contribution in [1.82, 2.24) is 20.1 Å². The lowest BCUT2D eigenvalue weighted by molar-refractivity contribution is -0.119. The summed E-state index contributed by atoms with van der Waals surface area (Å²) in [5.41, 5.74) is 9.05. The second-order valence-electron chi connectivity index (χ2n) is 6.61. The monoisotopic (exact) mass is 473 g/mol. The fourth-order valence-electron chi connectivity index (χ4n) is 2.88. The minimum Gasteiger partial charge on any atom is -0.351 e. The van der Waals surface area contributed by atoms with E-state index < -0.39 is 17.2 Å². The lowest BCUT2D eigenvalue weighted by Gasteiger charge is -2.14. The number of primary amides is 1. The molecule has 0 spiro atoms. The van der Waals surface area contributed by atoms with Crippen molar-refractivity contribution in [3.05, 3.63) is 58.1 Å². The Hall–Kier alpha value is -2.65. The van der Waals surface area contributed by atoms with Gasteiger partial charge >= 0.3 is 6.03 Å². The zero-order valence-corrected chi connectivity index (χ0v) is 18.5. The number of nitrogens with two attached hydrogens (primary N) is 1. The number of aromatic nitrogens is 3. The van der Waals surface area contributed by atoms with Crippen molar-refractivity contribution in [1.29, 1.82) is 0 Å². The molecule has 3 N–H and O–H groups in total. The molecule has 3 rings (SSSR count). The Bertz CT molecular complexity index is 1040. The van der Waals surface area contributed by atoms with Gasteiger partial charge in [-0.1, -0.05) is 45.9 Å². The van der Waals surface area contributed by atoms with Gasteiger partial charge in [-0.25, -0.2) is 4.79 Å². The summed E-state index contributed by atoms with van der Waals surface area (Å²) in [5, 5.41) is 10.8. The van der Waals surface area contributed by atoms with Gasteiger partial charge in [-0.05, 0) is 56.2 Å². The molecule has 0 aliphatic heterocycles. The van der Waals surface area contributed by atoms with Crippen LogP contribution in [0.15, 0.2) is 52.1 Å². The smallest absolute Gasteiger partial charge is 0.318 e. The van der Waals surface area contributed by atoms with E-state index in [0.717, 1.165) is 26.9 Å². The Labute approximate surface area is 181 Å². The van der Waals surface area contributed by atoms with E-state index in [9.17, 15) is 9.59 Å². The van der Waals surface area contributed by atoms with E-state index in [1.807, 2.05) is 54.8 Å². The van der Waals surface area contributed by atoms with Crippen molar-refractivity contribution in [2.75, 3.05) is 0 Å². The number of carbonyl (C=O) groups is 2. The fourth-order valence-corrected chi connectivity index (χ4v) is 4.01. The molecular weight excluding hydrogens is 454 g/mol. The number of hydrogen-bond acceptors (Lipinski definition) is 5. The van der Waals surface area contributed by atoms with Crippen LogP contribution in [0.25, 0.3) is 17.1 Å². The van der Waals surface area contributed by atoms with Crippen LogP contribution in [0.3, 0.4) is 0 Å². The molecule has 3 aromatic rings. The van der Waals surface area contributed by atoms with Crippen LogP contribution in [0, 0.1) is 13.8 Å². The van der Waals surface area contributed by atoms with Gasteiger partial charge in [0.15, 0.2) is 11.0 Å². The first-order chi connectivity index (χ1) is 13.7. The first kappa shape index (κ1) is 21.1. The van der Waals surface area contributed by atoms with E-state index in [1.165, 1.54) is 11.8 Å². The van der Waals surface area contributed by atoms with Crippen LogP contribution in [-0.4, -0.2) is 32.0 Å². The molecule has 2 aromatic carbocycles. The third-order valence-electron chi connectivity index (χ3n) is 4.10. The molecule has 0 fully saturated rings. The van der Waals surface area contributed by atoms with Gasteiger partial charge in [-0.15, -0.1) is 10.2 Å². The SMILES string of the molecule is Cc1cc(C)cc(-n2c(S[C@H](C)C(=O)NC(N)=O)nnc2-c2ccc(Br)cc2)c1. The Morgan fingerprint density at radius 1 is 1.10 bits per heavy atom. The number of urea groups is 1. The summed E-state index contributed by atoms with van der Waals surface area (Å²) in [5.74, 6) is 0.176. The van der Waals surface area contributed by atoms with Crippen LogP contribution in [0.4, 0.5) is 4.79 Å². The molecule has 0 bridgehead atoms. The lowest BCUT2D eigenvalue weighted by atomic mass is 10.1. The average Bonchev–Trinajstić information content (AvgIpc) is 3.04. The molecule has 0 aliphatic carbocycles. The molecule has 7 nitrogen and oxygen atoms in total. The molecule has 29 heavy (non-hydrogen) atoms. The number of nitrogens with one attached hydrogen (secondary N) is 1. The summed E-state index contributed by atoms with van der Waals surface area (Å²) in [6.07, 6.45) is 0. The summed E-state index contributed by atoms with van der Waals surface area (Å²) in [6, 6.07) is 13.1. The van der Waals surface area contributed by atoms with Gasteiger partial charge in [0.2, 0.25) is 5.91 Å². The first-order valence-electron chi connectivity index (χ1n) is 8.81. The number of carbonyl (C=O) groups excluding carboxylic acids is 2. The number of amides is 3. The quantitative estimate of drug-likeness (QED) is 0.545. The maximum Gasteiger partial charge on any atom is 0.318 e. The van der Waals surface area contributed by atoms with E-state index in [1.54, 1.807) is 6.92 Å². The number of rotatable bonds is 5. The van der Waals surface area contributed by atoms with Crippen molar-refractivity contribution in [3.63, 3.8) is 0 Å². The van der Waals surface area contributed by atoms with Gasteiger partial charge in [-0.3, -0.25) is 14.7 Å². The zero-order chi connectivity index (χ0) is 21.1. The molecule has 0 unspecified atom stereocenters. The largest absolute Gasteiger partial charge is 0.351 e. The third kappa shape index (κ3) is 5.04. The van der Waals surface area contributed by atoms with Crippen LogP contribution >= 0.6 is 27.7 Å². The second-order valence-corrected chi connectivity index (χ2v) is 8.83. The van der Waals surface area contributed by atoms with Crippen LogP contribution in [0.1, 0.15) is 18.1 Å². The molecule has 0 radical (unpaired) electrons. The van der Waals surface area contributed by atoms with E-state index in [0.29, 0.717) is 11.0 Å². The zero-order valence-electron chi connectivity index (χ0n) is 16.1. The Morgan fingerprint density at radius 3 is 2.31 bits per heavy atom. The average molecular weight is 474 g/mol. The Morgan fingerprint density at radius 2 is 1.72 bits per heavy atom. The van der Waals surface area contributed by atoms with Gasteiger partial charge < -0.3 is 5.73 Å². The van der Waals surface area contributed by atoms with Crippen molar-refractivity contribution < 1.29 is 9.59 Å². The molecule has 1 atom stereocenters. The summed E-state index contributed by atoms with van der Waals surface area (Å²) in [7, 11) is 0. The maximum absolute atomic E-state index is 12.1. The first-order valence-corrected chi connectivity index (χ1v) is 10.5. The predicted octanol–water partition coefficient (Wildman–Crippen LogP) is 3.99. The molecule has 3 amide bonds. The number of aryl methyl sites for hydroxylation is 2. The highest BCUT2D eigenvalue weighted by Crippen LogP contribution is 2.31. The van der Waals surface area contributed by atoms with E-state index in [4.69, 9.17) is 5.73 Å². The summed E-state index contributed by atoms with van der Waals surface area (Å²) in [6.45, 7) is 5.73. The van der Waals surface area contributed by atoms with Crippen LogP contribution in [0.5, 0.6) is 0 Å². The molecule has 0 aliphatic rings. The molecule has 9 heteroatoms. The minimum atomic E-state index is -0.881. The standard InChI is InChI=1S/C20H20BrN5O2S/c1-11-8-12(2)10-16(9-11)26-17(14-4-6-15(21)7-5-14)24-25-20(26)29-13(3)18(27)23-19(22)28/h4-10,13H,1-3H3,(H3,22,23,27,28)/t13-/m1/s1. The second kappa shape index (κ2) is 8.79. The van der Waals surface area contributed by atoms with Gasteiger partial charge in [0.05, 0.1) is 10.9 Å². The Kier molecular flexibility index (Phi) is 6.39. The highest BCUT2D eigenvalue weighted by molar-refractivity contribution is 9.10. The number of imide groups is 1. The van der Waals surface area contributed by atoms with Gasteiger partial charge in [-0.2, -0.15) is 0 Å². The number of halogens is 1. The highest BCUT2D eigenvalue weighted by Gasteiger charge is 2.22. The lowest BCUT2D eigenvalue weighted by Crippen LogP contribution is -2.39. The fraction of sp³-hybridized carbons (Fsp3) is 0.200. The van der Waals surface area contributed by atoms with Crippen molar-refractivity contribution in [2.45, 2.75) is 31.2 Å². The normalized spacial score (nSPS) is 11.9. The minimum absolute atomic E-state index is 0.484. The number of benzene rings is 2.